The first-order valence-electron chi connectivity index (χ1n) is 8.70. The monoisotopic (exact) mass is 389 g/mol. The molecular formula is C22H16ClN3O2. The molecular weight excluding hydrogens is 374 g/mol. The third-order valence-corrected chi connectivity index (χ3v) is 4.62. The van der Waals surface area contributed by atoms with Crippen LogP contribution < -0.4 is 10.9 Å². The molecule has 138 valence electrons. The van der Waals surface area contributed by atoms with Gasteiger partial charge in [0.25, 0.3) is 11.5 Å². The van der Waals surface area contributed by atoms with Crippen molar-refractivity contribution in [3.8, 4) is 0 Å². The molecule has 0 atom stereocenters. The van der Waals surface area contributed by atoms with Gasteiger partial charge in [-0.15, -0.1) is 0 Å². The van der Waals surface area contributed by atoms with Gasteiger partial charge in [0.1, 0.15) is 0 Å². The Morgan fingerprint density at radius 3 is 2.50 bits per heavy atom. The predicted octanol–water partition coefficient (Wildman–Crippen LogP) is 4.35. The Morgan fingerprint density at radius 1 is 1.00 bits per heavy atom. The van der Waals surface area contributed by atoms with Crippen LogP contribution in [0.15, 0.2) is 83.9 Å². The van der Waals surface area contributed by atoms with E-state index in [-0.39, 0.29) is 11.5 Å². The minimum atomic E-state index is -0.183. The quantitative estimate of drug-likeness (QED) is 0.564. The van der Waals surface area contributed by atoms with Gasteiger partial charge in [-0.1, -0.05) is 41.9 Å². The number of anilines is 1. The molecule has 6 heteroatoms. The summed E-state index contributed by atoms with van der Waals surface area (Å²) in [7, 11) is 0. The Bertz CT molecular complexity index is 1200. The van der Waals surface area contributed by atoms with E-state index in [0.717, 1.165) is 11.3 Å². The topological polar surface area (TPSA) is 64.0 Å². The molecule has 0 saturated heterocycles. The lowest BCUT2D eigenvalue weighted by molar-refractivity contribution is 0.102. The molecule has 0 fully saturated rings. The van der Waals surface area contributed by atoms with Crippen molar-refractivity contribution in [1.82, 2.24) is 9.55 Å². The summed E-state index contributed by atoms with van der Waals surface area (Å²) >= 11 is 5.99. The molecule has 0 unspecified atom stereocenters. The highest BCUT2D eigenvalue weighted by atomic mass is 35.5. The number of carbonyl (C=O) groups is 1. The summed E-state index contributed by atoms with van der Waals surface area (Å²) < 4.78 is 1.53. The van der Waals surface area contributed by atoms with Crippen LogP contribution in [-0.4, -0.2) is 15.5 Å². The molecule has 3 aromatic carbocycles. The number of rotatable bonds is 4. The number of fused-ring (bicyclic) bond motifs is 1. The Morgan fingerprint density at radius 2 is 1.75 bits per heavy atom. The summed E-state index contributed by atoms with van der Waals surface area (Å²) in [5.41, 5.74) is 2.63. The first-order chi connectivity index (χ1) is 13.6. The van der Waals surface area contributed by atoms with Crippen LogP contribution in [0.5, 0.6) is 0 Å². The number of benzene rings is 3. The summed E-state index contributed by atoms with van der Waals surface area (Å²) in [6.45, 7) is 0.356. The highest BCUT2D eigenvalue weighted by Gasteiger charge is 2.08. The van der Waals surface area contributed by atoms with E-state index in [1.807, 2.05) is 42.5 Å². The molecule has 0 aliphatic carbocycles. The Balaban J connectivity index is 1.53. The van der Waals surface area contributed by atoms with Crippen LogP contribution >= 0.6 is 11.6 Å². The van der Waals surface area contributed by atoms with Gasteiger partial charge in [0, 0.05) is 16.3 Å². The van der Waals surface area contributed by atoms with Gasteiger partial charge >= 0.3 is 0 Å². The van der Waals surface area contributed by atoms with E-state index in [0.29, 0.717) is 28.0 Å². The third kappa shape index (κ3) is 3.80. The standard InChI is InChI=1S/C22H16ClN3O2/c23-17-10-11-20-19(12-17)22(28)26(14-24-20)13-15-6-8-16(9-7-15)21(27)25-18-4-2-1-3-5-18/h1-12,14H,13H2,(H,25,27). The first kappa shape index (κ1) is 17.9. The van der Waals surface area contributed by atoms with Crippen LogP contribution in [0.1, 0.15) is 15.9 Å². The number of para-hydroxylation sites is 1. The van der Waals surface area contributed by atoms with Crippen LogP contribution in [0, 0.1) is 0 Å². The fourth-order valence-electron chi connectivity index (χ4n) is 2.93. The predicted molar refractivity (Wildman–Crippen MR) is 111 cm³/mol. The van der Waals surface area contributed by atoms with Crippen molar-refractivity contribution in [2.45, 2.75) is 6.54 Å². The number of carbonyl (C=O) groups excluding carboxylic acids is 1. The molecule has 0 radical (unpaired) electrons. The van der Waals surface area contributed by atoms with Gasteiger partial charge in [0.2, 0.25) is 0 Å². The number of hydrogen-bond acceptors (Lipinski definition) is 3. The van der Waals surface area contributed by atoms with Crippen molar-refractivity contribution < 1.29 is 4.79 Å². The van der Waals surface area contributed by atoms with Crippen LogP contribution in [0.3, 0.4) is 0 Å². The average molecular weight is 390 g/mol. The normalized spacial score (nSPS) is 10.8. The maximum Gasteiger partial charge on any atom is 0.261 e. The fraction of sp³-hybridized carbons (Fsp3) is 0.0455. The van der Waals surface area contributed by atoms with Gasteiger partial charge in [-0.3, -0.25) is 14.2 Å². The second kappa shape index (κ2) is 7.66. The van der Waals surface area contributed by atoms with Crippen LogP contribution in [-0.2, 0) is 6.54 Å². The van der Waals surface area contributed by atoms with E-state index in [1.165, 1.54) is 10.9 Å². The average Bonchev–Trinajstić information content (AvgIpc) is 2.72. The number of aromatic nitrogens is 2. The lowest BCUT2D eigenvalue weighted by Crippen LogP contribution is -2.21. The van der Waals surface area contributed by atoms with Gasteiger partial charge in [-0.2, -0.15) is 0 Å². The summed E-state index contributed by atoms with van der Waals surface area (Å²) in [5.74, 6) is -0.183. The van der Waals surface area contributed by atoms with E-state index in [9.17, 15) is 9.59 Å². The van der Waals surface area contributed by atoms with Crippen molar-refractivity contribution in [3.63, 3.8) is 0 Å². The van der Waals surface area contributed by atoms with Crippen LogP contribution in [0.2, 0.25) is 5.02 Å². The minimum absolute atomic E-state index is 0.154. The molecule has 1 heterocycles. The van der Waals surface area contributed by atoms with Crippen LogP contribution in [0.25, 0.3) is 10.9 Å². The van der Waals surface area contributed by atoms with E-state index in [4.69, 9.17) is 11.6 Å². The van der Waals surface area contributed by atoms with Gasteiger partial charge < -0.3 is 5.32 Å². The van der Waals surface area contributed by atoms with E-state index >= 15 is 0 Å². The molecule has 28 heavy (non-hydrogen) atoms. The number of amides is 1. The second-order valence-electron chi connectivity index (χ2n) is 6.36. The molecule has 1 aromatic heterocycles. The number of nitrogens with one attached hydrogen (secondary N) is 1. The highest BCUT2D eigenvalue weighted by molar-refractivity contribution is 6.31. The molecule has 1 N–H and O–H groups in total. The largest absolute Gasteiger partial charge is 0.322 e. The zero-order valence-electron chi connectivity index (χ0n) is 14.8. The number of hydrogen-bond donors (Lipinski definition) is 1. The van der Waals surface area contributed by atoms with Gasteiger partial charge in [-0.05, 0) is 48.0 Å². The van der Waals surface area contributed by atoms with Crippen molar-refractivity contribution in [3.05, 3.63) is 106 Å². The Hall–Kier alpha value is -3.44. The van der Waals surface area contributed by atoms with Gasteiger partial charge in [0.15, 0.2) is 0 Å². The highest BCUT2D eigenvalue weighted by Crippen LogP contribution is 2.15. The third-order valence-electron chi connectivity index (χ3n) is 4.39. The number of nitrogens with zero attached hydrogens (tertiary/aromatic N) is 2. The smallest absolute Gasteiger partial charge is 0.261 e. The zero-order valence-corrected chi connectivity index (χ0v) is 15.6. The molecule has 1 amide bonds. The first-order valence-corrected chi connectivity index (χ1v) is 9.08. The molecule has 5 nitrogen and oxygen atoms in total. The number of halogens is 1. The summed E-state index contributed by atoms with van der Waals surface area (Å²) in [5, 5.41) is 3.82. The molecule has 0 bridgehead atoms. The molecule has 0 aliphatic heterocycles. The summed E-state index contributed by atoms with van der Waals surface area (Å²) in [6.07, 6.45) is 1.52. The van der Waals surface area contributed by atoms with Crippen LogP contribution in [0.4, 0.5) is 5.69 Å². The Kier molecular flexibility index (Phi) is 4.91. The van der Waals surface area contributed by atoms with Crippen molar-refractivity contribution in [2.75, 3.05) is 5.32 Å². The Labute approximate surface area is 166 Å². The minimum Gasteiger partial charge on any atom is -0.322 e. The van der Waals surface area contributed by atoms with Crippen molar-refractivity contribution in [2.24, 2.45) is 0 Å². The van der Waals surface area contributed by atoms with E-state index in [1.54, 1.807) is 30.3 Å². The molecule has 0 aliphatic rings. The lowest BCUT2D eigenvalue weighted by Gasteiger charge is -2.09. The molecule has 4 aromatic rings. The second-order valence-corrected chi connectivity index (χ2v) is 6.79. The molecule has 4 rings (SSSR count). The maximum atomic E-state index is 12.7. The van der Waals surface area contributed by atoms with Crippen molar-refractivity contribution in [1.29, 1.82) is 0 Å². The maximum absolute atomic E-state index is 12.7. The van der Waals surface area contributed by atoms with Crippen molar-refractivity contribution >= 4 is 34.1 Å². The van der Waals surface area contributed by atoms with Gasteiger partial charge in [0.05, 0.1) is 23.8 Å². The molecule has 0 saturated carbocycles. The summed E-state index contributed by atoms with van der Waals surface area (Å²) in [6, 6.07) is 21.5. The van der Waals surface area contributed by atoms with E-state index < -0.39 is 0 Å². The van der Waals surface area contributed by atoms with E-state index in [2.05, 4.69) is 10.3 Å². The van der Waals surface area contributed by atoms with Gasteiger partial charge in [-0.25, -0.2) is 4.98 Å². The fourth-order valence-corrected chi connectivity index (χ4v) is 3.10. The SMILES string of the molecule is O=C(Nc1ccccc1)c1ccc(Cn2cnc3ccc(Cl)cc3c2=O)cc1. The lowest BCUT2D eigenvalue weighted by atomic mass is 10.1. The zero-order chi connectivity index (χ0) is 19.5. The molecule has 0 spiro atoms. The summed E-state index contributed by atoms with van der Waals surface area (Å²) in [4.78, 5) is 29.3.